The van der Waals surface area contributed by atoms with Crippen LogP contribution in [0.2, 0.25) is 0 Å². The van der Waals surface area contributed by atoms with Crippen LogP contribution in [0.3, 0.4) is 0 Å². The molecule has 6 heteroatoms. The zero-order valence-electron chi connectivity index (χ0n) is 10.5. The highest BCUT2D eigenvalue weighted by atomic mass is 16.1. The van der Waals surface area contributed by atoms with Crippen molar-refractivity contribution in [1.29, 1.82) is 0 Å². The summed E-state index contributed by atoms with van der Waals surface area (Å²) in [6.45, 7) is 1.44. The summed E-state index contributed by atoms with van der Waals surface area (Å²) >= 11 is 0. The monoisotopic (exact) mass is 259 g/mol. The number of benzene rings is 1. The molecular formula is C13H17N5O. The molecule has 0 saturated heterocycles. The highest BCUT2D eigenvalue weighted by Gasteiger charge is 2.08. The Labute approximate surface area is 111 Å². The van der Waals surface area contributed by atoms with E-state index in [-0.39, 0.29) is 5.91 Å². The minimum absolute atomic E-state index is 0.126. The van der Waals surface area contributed by atoms with Gasteiger partial charge in [0, 0.05) is 25.5 Å². The van der Waals surface area contributed by atoms with E-state index in [1.807, 2.05) is 16.8 Å². The second-order valence-electron chi connectivity index (χ2n) is 4.10. The van der Waals surface area contributed by atoms with Crippen molar-refractivity contribution in [2.24, 2.45) is 5.84 Å². The Bertz CT molecular complexity index is 524. The first-order valence-electron chi connectivity index (χ1n) is 6.11. The summed E-state index contributed by atoms with van der Waals surface area (Å²) < 4.78 is 1.97. The molecule has 1 amide bonds. The first-order chi connectivity index (χ1) is 9.31. The van der Waals surface area contributed by atoms with E-state index in [0.717, 1.165) is 13.0 Å². The number of hydrogen-bond donors (Lipinski definition) is 3. The summed E-state index contributed by atoms with van der Waals surface area (Å²) in [6.07, 6.45) is 6.24. The fourth-order valence-electron chi connectivity index (χ4n) is 1.78. The summed E-state index contributed by atoms with van der Waals surface area (Å²) in [5.41, 5.74) is 3.68. The van der Waals surface area contributed by atoms with E-state index in [9.17, 15) is 4.79 Å². The van der Waals surface area contributed by atoms with Crippen LogP contribution in [0.5, 0.6) is 0 Å². The lowest BCUT2D eigenvalue weighted by Gasteiger charge is -2.09. The SMILES string of the molecule is NNc1ccccc1C(=O)NCCCn1ccnc1. The number of nitrogens with two attached hydrogens (primary N) is 1. The number of aryl methyl sites for hydroxylation is 1. The van der Waals surface area contributed by atoms with Gasteiger partial charge in [0.15, 0.2) is 0 Å². The van der Waals surface area contributed by atoms with Crippen LogP contribution in [0, 0.1) is 0 Å². The summed E-state index contributed by atoms with van der Waals surface area (Å²) in [5, 5.41) is 2.87. The molecule has 0 saturated carbocycles. The number of imidazole rings is 1. The maximum absolute atomic E-state index is 12.0. The molecular weight excluding hydrogens is 242 g/mol. The Morgan fingerprint density at radius 1 is 1.37 bits per heavy atom. The van der Waals surface area contributed by atoms with Crippen LogP contribution in [0.4, 0.5) is 5.69 Å². The van der Waals surface area contributed by atoms with Crippen LogP contribution in [-0.2, 0) is 6.54 Å². The van der Waals surface area contributed by atoms with Gasteiger partial charge in [-0.3, -0.25) is 10.6 Å². The number of rotatable bonds is 6. The summed E-state index contributed by atoms with van der Waals surface area (Å²) in [5.74, 6) is 5.24. The molecule has 0 atom stereocenters. The van der Waals surface area contributed by atoms with Crippen molar-refractivity contribution in [3.05, 3.63) is 48.5 Å². The molecule has 1 aromatic carbocycles. The van der Waals surface area contributed by atoms with E-state index < -0.39 is 0 Å². The number of carbonyl (C=O) groups is 1. The van der Waals surface area contributed by atoms with E-state index in [2.05, 4.69) is 15.7 Å². The molecule has 0 bridgehead atoms. The predicted octanol–water partition coefficient (Wildman–Crippen LogP) is 0.989. The number of nitrogen functional groups attached to an aromatic ring is 1. The van der Waals surface area contributed by atoms with Gasteiger partial charge in [-0.1, -0.05) is 12.1 Å². The largest absolute Gasteiger partial charge is 0.352 e. The zero-order chi connectivity index (χ0) is 13.5. The highest BCUT2D eigenvalue weighted by molar-refractivity contribution is 5.99. The third-order valence-corrected chi connectivity index (χ3v) is 2.77. The Kier molecular flexibility index (Phi) is 4.52. The smallest absolute Gasteiger partial charge is 0.253 e. The maximum Gasteiger partial charge on any atom is 0.253 e. The fraction of sp³-hybridized carbons (Fsp3) is 0.231. The van der Waals surface area contributed by atoms with Gasteiger partial charge in [0.25, 0.3) is 5.91 Å². The number of anilines is 1. The van der Waals surface area contributed by atoms with Crippen LogP contribution < -0.4 is 16.6 Å². The number of amides is 1. The van der Waals surface area contributed by atoms with Crippen molar-refractivity contribution in [3.63, 3.8) is 0 Å². The topological polar surface area (TPSA) is 85.0 Å². The van der Waals surface area contributed by atoms with Gasteiger partial charge in [0.2, 0.25) is 0 Å². The molecule has 19 heavy (non-hydrogen) atoms. The molecule has 0 aliphatic heterocycles. The minimum Gasteiger partial charge on any atom is -0.352 e. The Balaban J connectivity index is 1.81. The van der Waals surface area contributed by atoms with Gasteiger partial charge in [-0.25, -0.2) is 4.98 Å². The Hall–Kier alpha value is -2.34. The molecule has 0 radical (unpaired) electrons. The number of carbonyl (C=O) groups excluding carboxylic acids is 1. The number of nitrogens with one attached hydrogen (secondary N) is 2. The molecule has 0 fully saturated rings. The van der Waals surface area contributed by atoms with E-state index in [4.69, 9.17) is 5.84 Å². The molecule has 1 heterocycles. The van der Waals surface area contributed by atoms with Crippen LogP contribution in [0.1, 0.15) is 16.8 Å². The maximum atomic E-state index is 12.0. The molecule has 0 spiro atoms. The van der Waals surface area contributed by atoms with Gasteiger partial charge in [-0.05, 0) is 18.6 Å². The van der Waals surface area contributed by atoms with Gasteiger partial charge < -0.3 is 15.3 Å². The predicted molar refractivity (Wildman–Crippen MR) is 73.4 cm³/mol. The number of para-hydroxylation sites is 1. The molecule has 6 nitrogen and oxygen atoms in total. The van der Waals surface area contributed by atoms with Gasteiger partial charge in [0.1, 0.15) is 0 Å². The quantitative estimate of drug-likeness (QED) is 0.410. The van der Waals surface area contributed by atoms with E-state index >= 15 is 0 Å². The minimum atomic E-state index is -0.126. The molecule has 0 aliphatic rings. The molecule has 100 valence electrons. The lowest BCUT2D eigenvalue weighted by molar-refractivity contribution is 0.0953. The molecule has 0 aliphatic carbocycles. The standard InChI is InChI=1S/C13H17N5O/c14-17-12-5-2-1-4-11(12)13(19)16-6-3-8-18-9-7-15-10-18/h1-2,4-5,7,9-10,17H,3,6,8,14H2,(H,16,19). The van der Waals surface area contributed by atoms with Crippen LogP contribution in [-0.4, -0.2) is 22.0 Å². The summed E-state index contributed by atoms with van der Waals surface area (Å²) in [4.78, 5) is 15.9. The third kappa shape index (κ3) is 3.56. The third-order valence-electron chi connectivity index (χ3n) is 2.77. The molecule has 2 aromatic rings. The van der Waals surface area contributed by atoms with Crippen molar-refractivity contribution in [1.82, 2.24) is 14.9 Å². The molecule has 4 N–H and O–H groups in total. The van der Waals surface area contributed by atoms with Crippen LogP contribution in [0.15, 0.2) is 43.0 Å². The van der Waals surface area contributed by atoms with Crippen molar-refractivity contribution >= 4 is 11.6 Å². The summed E-state index contributed by atoms with van der Waals surface area (Å²) in [7, 11) is 0. The Morgan fingerprint density at radius 3 is 2.95 bits per heavy atom. The van der Waals surface area contributed by atoms with Gasteiger partial charge in [0.05, 0.1) is 17.6 Å². The number of aromatic nitrogens is 2. The van der Waals surface area contributed by atoms with Crippen molar-refractivity contribution in [2.45, 2.75) is 13.0 Å². The van der Waals surface area contributed by atoms with Gasteiger partial charge >= 0.3 is 0 Å². The Morgan fingerprint density at radius 2 is 2.21 bits per heavy atom. The van der Waals surface area contributed by atoms with E-state index in [1.54, 1.807) is 30.7 Å². The average molecular weight is 259 g/mol. The molecule has 0 unspecified atom stereocenters. The number of hydrazine groups is 1. The van der Waals surface area contributed by atoms with E-state index in [0.29, 0.717) is 17.8 Å². The number of hydrogen-bond acceptors (Lipinski definition) is 4. The second-order valence-corrected chi connectivity index (χ2v) is 4.10. The molecule has 1 aromatic heterocycles. The first-order valence-corrected chi connectivity index (χ1v) is 6.11. The lowest BCUT2D eigenvalue weighted by atomic mass is 10.1. The highest BCUT2D eigenvalue weighted by Crippen LogP contribution is 2.12. The zero-order valence-corrected chi connectivity index (χ0v) is 10.5. The van der Waals surface area contributed by atoms with Crippen molar-refractivity contribution in [3.8, 4) is 0 Å². The fourth-order valence-corrected chi connectivity index (χ4v) is 1.78. The second kappa shape index (κ2) is 6.55. The molecule has 2 rings (SSSR count). The van der Waals surface area contributed by atoms with Crippen molar-refractivity contribution in [2.75, 3.05) is 12.0 Å². The first kappa shape index (κ1) is 13.1. The average Bonchev–Trinajstić information content (AvgIpc) is 2.96. The van der Waals surface area contributed by atoms with Crippen molar-refractivity contribution < 1.29 is 4.79 Å². The van der Waals surface area contributed by atoms with Crippen LogP contribution >= 0.6 is 0 Å². The van der Waals surface area contributed by atoms with Crippen LogP contribution in [0.25, 0.3) is 0 Å². The lowest BCUT2D eigenvalue weighted by Crippen LogP contribution is -2.26. The van der Waals surface area contributed by atoms with Gasteiger partial charge in [-0.15, -0.1) is 0 Å². The number of nitrogens with zero attached hydrogens (tertiary/aromatic N) is 2. The van der Waals surface area contributed by atoms with Gasteiger partial charge in [-0.2, -0.15) is 0 Å². The summed E-state index contributed by atoms with van der Waals surface area (Å²) in [6, 6.07) is 7.13. The van der Waals surface area contributed by atoms with E-state index in [1.165, 1.54) is 0 Å². The normalized spacial score (nSPS) is 10.2.